The van der Waals surface area contributed by atoms with Crippen molar-refractivity contribution in [3.05, 3.63) is 60.2 Å². The molecule has 3 rings (SSSR count). The molecule has 0 N–H and O–H groups in total. The highest BCUT2D eigenvalue weighted by atomic mass is 32.2. The molecule has 0 unspecified atom stereocenters. The molecule has 2 atom stereocenters. The Hall–Kier alpha value is -3.00. The predicted molar refractivity (Wildman–Crippen MR) is 125 cm³/mol. The molecule has 0 bridgehead atoms. The van der Waals surface area contributed by atoms with Gasteiger partial charge in [0.05, 0.1) is 7.11 Å². The monoisotopic (exact) mass is 469 g/mol. The number of ketones is 1. The van der Waals surface area contributed by atoms with Gasteiger partial charge in [0.25, 0.3) is 0 Å². The van der Waals surface area contributed by atoms with Crippen molar-refractivity contribution in [3.8, 4) is 5.75 Å². The van der Waals surface area contributed by atoms with E-state index in [0.717, 1.165) is 15.4 Å². The van der Waals surface area contributed by atoms with Crippen LogP contribution in [0.1, 0.15) is 32.8 Å². The Bertz CT molecular complexity index is 988. The second kappa shape index (κ2) is 10.3. The first-order valence-corrected chi connectivity index (χ1v) is 11.7. The molecule has 0 spiro atoms. The zero-order chi connectivity index (χ0) is 24.2. The number of thioether (sulfide) groups is 1. The van der Waals surface area contributed by atoms with Gasteiger partial charge in [-0.05, 0) is 50.6 Å². The Morgan fingerprint density at radius 3 is 2.33 bits per heavy atom. The molecule has 1 fully saturated rings. The van der Waals surface area contributed by atoms with Gasteiger partial charge >= 0.3 is 0 Å². The van der Waals surface area contributed by atoms with Crippen LogP contribution >= 0.6 is 11.8 Å². The van der Waals surface area contributed by atoms with Crippen LogP contribution in [0.2, 0.25) is 0 Å². The SMILES string of the molecule is COc1ccc(C[C@@H](C(=O)N2CCC(=O)[C@H]2Sc2ccccc2)N(C(=O)[O-])C(C)(C)C)cc1. The van der Waals surface area contributed by atoms with Gasteiger partial charge < -0.3 is 24.4 Å². The summed E-state index contributed by atoms with van der Waals surface area (Å²) in [5, 5.41) is 11.5. The summed E-state index contributed by atoms with van der Waals surface area (Å²) in [4.78, 5) is 42.1. The van der Waals surface area contributed by atoms with Crippen molar-refractivity contribution in [2.24, 2.45) is 0 Å². The normalized spacial score (nSPS) is 17.0. The minimum atomic E-state index is -1.42. The number of nitrogens with zero attached hydrogens (tertiary/aromatic N) is 2. The molecule has 0 aliphatic carbocycles. The first-order valence-electron chi connectivity index (χ1n) is 10.8. The van der Waals surface area contributed by atoms with Crippen molar-refractivity contribution in [2.75, 3.05) is 13.7 Å². The van der Waals surface area contributed by atoms with Crippen molar-refractivity contribution in [3.63, 3.8) is 0 Å². The van der Waals surface area contributed by atoms with E-state index < -0.39 is 29.0 Å². The Kier molecular flexibility index (Phi) is 7.68. The molecule has 7 nitrogen and oxygen atoms in total. The standard InChI is InChI=1S/C25H30N2O5S/c1-25(2,3)27(24(30)31)20(16-17-10-12-18(32-4)13-11-17)22(29)26-15-14-21(28)23(26)33-19-8-6-5-7-9-19/h5-13,20,23H,14-16H2,1-4H3,(H,30,31)/p-1/t20-,23+/m0/s1. The topological polar surface area (TPSA) is 90.0 Å². The van der Waals surface area contributed by atoms with Crippen LogP contribution in [-0.4, -0.2) is 58.2 Å². The van der Waals surface area contributed by atoms with Crippen molar-refractivity contribution >= 4 is 29.5 Å². The van der Waals surface area contributed by atoms with Gasteiger partial charge in [0.2, 0.25) is 5.91 Å². The summed E-state index contributed by atoms with van der Waals surface area (Å²) in [6.45, 7) is 5.43. The van der Waals surface area contributed by atoms with Gasteiger partial charge in [-0.15, -0.1) is 0 Å². The molecule has 1 saturated heterocycles. The predicted octanol–water partition coefficient (Wildman–Crippen LogP) is 2.97. The second-order valence-corrected chi connectivity index (χ2v) is 10.1. The lowest BCUT2D eigenvalue weighted by Crippen LogP contribution is -2.62. The number of methoxy groups -OCH3 is 1. The molecule has 2 aromatic carbocycles. The number of Topliss-reactive ketones (excluding diaryl/α,β-unsaturated/α-hetero) is 1. The fourth-order valence-electron chi connectivity index (χ4n) is 3.96. The number of carbonyl (C=O) groups excluding carboxylic acids is 3. The molecule has 0 aromatic heterocycles. The largest absolute Gasteiger partial charge is 0.530 e. The van der Waals surface area contributed by atoms with Crippen LogP contribution < -0.4 is 9.84 Å². The van der Waals surface area contributed by atoms with E-state index in [4.69, 9.17) is 4.74 Å². The summed E-state index contributed by atoms with van der Waals surface area (Å²) in [5.41, 5.74) is -0.0975. The summed E-state index contributed by atoms with van der Waals surface area (Å²) in [5.74, 6) is 0.221. The minimum absolute atomic E-state index is 0.0452. The maximum atomic E-state index is 13.8. The number of ether oxygens (including phenoxy) is 1. The lowest BCUT2D eigenvalue weighted by atomic mass is 9.97. The zero-order valence-electron chi connectivity index (χ0n) is 19.3. The van der Waals surface area contributed by atoms with Gasteiger partial charge in [-0.3, -0.25) is 9.59 Å². The number of carbonyl (C=O) groups is 3. The number of rotatable bonds is 7. The van der Waals surface area contributed by atoms with E-state index in [2.05, 4.69) is 0 Å². The van der Waals surface area contributed by atoms with Crippen LogP contribution in [0.15, 0.2) is 59.5 Å². The zero-order valence-corrected chi connectivity index (χ0v) is 20.1. The van der Waals surface area contributed by atoms with Crippen molar-refractivity contribution in [1.82, 2.24) is 9.80 Å². The summed E-state index contributed by atoms with van der Waals surface area (Å²) in [6, 6.07) is 15.5. The fourth-order valence-corrected chi connectivity index (χ4v) is 5.12. The molecule has 1 aliphatic heterocycles. The van der Waals surface area contributed by atoms with Crippen LogP contribution in [0.5, 0.6) is 5.75 Å². The lowest BCUT2D eigenvalue weighted by molar-refractivity contribution is -0.273. The summed E-state index contributed by atoms with van der Waals surface area (Å²) < 4.78 is 5.20. The van der Waals surface area contributed by atoms with Gasteiger partial charge in [-0.25, -0.2) is 0 Å². The summed E-state index contributed by atoms with van der Waals surface area (Å²) in [7, 11) is 1.56. The molecule has 176 valence electrons. The molecule has 8 heteroatoms. The molecule has 33 heavy (non-hydrogen) atoms. The van der Waals surface area contributed by atoms with Crippen molar-refractivity contribution in [2.45, 2.75) is 55.5 Å². The van der Waals surface area contributed by atoms with Crippen molar-refractivity contribution in [1.29, 1.82) is 0 Å². The lowest BCUT2D eigenvalue weighted by Gasteiger charge is -2.44. The van der Waals surface area contributed by atoms with E-state index >= 15 is 0 Å². The van der Waals surface area contributed by atoms with E-state index in [9.17, 15) is 19.5 Å². The van der Waals surface area contributed by atoms with E-state index in [1.54, 1.807) is 52.1 Å². The Morgan fingerprint density at radius 2 is 1.79 bits per heavy atom. The van der Waals surface area contributed by atoms with Crippen LogP contribution in [0, 0.1) is 0 Å². The Balaban J connectivity index is 1.94. The summed E-state index contributed by atoms with van der Waals surface area (Å²) in [6.07, 6.45) is -1.03. The van der Waals surface area contributed by atoms with E-state index in [0.29, 0.717) is 5.75 Å². The molecular formula is C25H29N2O5S-. The molecule has 0 radical (unpaired) electrons. The quantitative estimate of drug-likeness (QED) is 0.619. The molecular weight excluding hydrogens is 440 g/mol. The molecule has 1 heterocycles. The number of hydrogen-bond donors (Lipinski definition) is 0. The molecule has 2 aromatic rings. The number of likely N-dealkylation sites (tertiary alicyclic amines) is 1. The molecule has 0 saturated carbocycles. The number of carboxylic acid groups (broad SMARTS) is 1. The first-order chi connectivity index (χ1) is 15.6. The van der Waals surface area contributed by atoms with Crippen LogP contribution in [0.4, 0.5) is 4.79 Å². The van der Waals surface area contributed by atoms with Gasteiger partial charge in [0.15, 0.2) is 5.78 Å². The smallest absolute Gasteiger partial charge is 0.246 e. The third kappa shape index (κ3) is 5.87. The Labute approximate surface area is 198 Å². The van der Waals surface area contributed by atoms with Gasteiger partial charge in [0, 0.05) is 29.8 Å². The highest BCUT2D eigenvalue weighted by molar-refractivity contribution is 8.00. The number of amides is 2. The maximum Gasteiger partial charge on any atom is 0.246 e. The van der Waals surface area contributed by atoms with Gasteiger partial charge in [-0.1, -0.05) is 42.1 Å². The van der Waals surface area contributed by atoms with E-state index in [-0.39, 0.29) is 25.2 Å². The van der Waals surface area contributed by atoms with Gasteiger partial charge in [-0.2, -0.15) is 0 Å². The fraction of sp³-hybridized carbons (Fsp3) is 0.400. The van der Waals surface area contributed by atoms with E-state index in [1.807, 2.05) is 30.3 Å². The Morgan fingerprint density at radius 1 is 1.15 bits per heavy atom. The van der Waals surface area contributed by atoms with Crippen LogP contribution in [0.25, 0.3) is 0 Å². The third-order valence-corrected chi connectivity index (χ3v) is 6.82. The molecule has 1 aliphatic rings. The average Bonchev–Trinajstić information content (AvgIpc) is 3.13. The second-order valence-electron chi connectivity index (χ2n) is 8.91. The van der Waals surface area contributed by atoms with Crippen molar-refractivity contribution < 1.29 is 24.2 Å². The maximum absolute atomic E-state index is 13.8. The first kappa shape index (κ1) is 24.6. The summed E-state index contributed by atoms with van der Waals surface area (Å²) >= 11 is 1.31. The third-order valence-electron chi connectivity index (χ3n) is 5.54. The molecule has 2 amide bonds. The van der Waals surface area contributed by atoms with E-state index in [1.165, 1.54) is 16.7 Å². The highest BCUT2D eigenvalue weighted by Gasteiger charge is 2.43. The number of benzene rings is 2. The van der Waals surface area contributed by atoms with Crippen LogP contribution in [-0.2, 0) is 16.0 Å². The van der Waals surface area contributed by atoms with Gasteiger partial charge in [0.1, 0.15) is 23.3 Å². The van der Waals surface area contributed by atoms with Crippen LogP contribution in [0.3, 0.4) is 0 Å². The highest BCUT2D eigenvalue weighted by Crippen LogP contribution is 2.33. The minimum Gasteiger partial charge on any atom is -0.530 e. The number of hydrogen-bond acceptors (Lipinski definition) is 6. The average molecular weight is 470 g/mol.